The Bertz CT molecular complexity index is 212. The summed E-state index contributed by atoms with van der Waals surface area (Å²) in [6, 6.07) is 0. The summed E-state index contributed by atoms with van der Waals surface area (Å²) in [7, 11) is 0. The Hall–Kier alpha value is -1.30. The zero-order valence-electron chi connectivity index (χ0n) is 7.29. The van der Waals surface area contributed by atoms with Crippen molar-refractivity contribution in [2.45, 2.75) is 20.3 Å². The van der Waals surface area contributed by atoms with Crippen LogP contribution in [0.15, 0.2) is 0 Å². The Kier molecular flexibility index (Phi) is 4.78. The maximum Gasteiger partial charge on any atom is 0.317 e. The number of hydrogen-bond acceptors (Lipinski definition) is 3. The van der Waals surface area contributed by atoms with Crippen LogP contribution in [0, 0.1) is 18.3 Å². The van der Waals surface area contributed by atoms with Crippen molar-refractivity contribution >= 4 is 11.8 Å². The predicted molar refractivity (Wildman–Crippen MR) is 44.3 cm³/mol. The molecule has 0 saturated heterocycles. The molecule has 0 aromatic heterocycles. The highest BCUT2D eigenvalue weighted by Crippen LogP contribution is 2.06. The van der Waals surface area contributed by atoms with E-state index in [1.54, 1.807) is 13.8 Å². The van der Waals surface area contributed by atoms with Gasteiger partial charge in [-0.1, -0.05) is 6.92 Å². The third-order valence-electron chi connectivity index (χ3n) is 1.44. The second-order valence-electron chi connectivity index (χ2n) is 2.22. The molecule has 0 aliphatic rings. The largest absolute Gasteiger partial charge is 0.465 e. The first-order valence-corrected chi connectivity index (χ1v) is 3.84. The average Bonchev–Trinajstić information content (AvgIpc) is 2.06. The van der Waals surface area contributed by atoms with Crippen LogP contribution >= 0.6 is 0 Å². The Labute approximate surface area is 72.1 Å². The topological polar surface area (TPSA) is 43.4 Å². The molecule has 1 atom stereocenters. The van der Waals surface area contributed by atoms with Crippen molar-refractivity contribution in [2.75, 3.05) is 6.61 Å². The zero-order chi connectivity index (χ0) is 9.56. The van der Waals surface area contributed by atoms with Gasteiger partial charge in [0.2, 0.25) is 5.78 Å². The lowest BCUT2D eigenvalue weighted by atomic mass is 10.0. The van der Waals surface area contributed by atoms with Crippen molar-refractivity contribution in [3.05, 3.63) is 0 Å². The van der Waals surface area contributed by atoms with Crippen LogP contribution in [0.4, 0.5) is 0 Å². The first kappa shape index (κ1) is 10.7. The van der Waals surface area contributed by atoms with Gasteiger partial charge >= 0.3 is 5.97 Å². The van der Waals surface area contributed by atoms with Gasteiger partial charge in [0.05, 0.1) is 6.61 Å². The SMILES string of the molecule is C#CC(=O)C(CC)C(=O)OCC. The molecule has 0 spiro atoms. The molecule has 0 rings (SSSR count). The smallest absolute Gasteiger partial charge is 0.317 e. The summed E-state index contributed by atoms with van der Waals surface area (Å²) in [6.07, 6.45) is 5.27. The number of ether oxygens (including phenoxy) is 1. The van der Waals surface area contributed by atoms with Crippen LogP contribution in [0.2, 0.25) is 0 Å². The van der Waals surface area contributed by atoms with Crippen LogP contribution in [0.3, 0.4) is 0 Å². The van der Waals surface area contributed by atoms with Crippen molar-refractivity contribution in [3.63, 3.8) is 0 Å². The summed E-state index contributed by atoms with van der Waals surface area (Å²) in [6.45, 7) is 3.68. The van der Waals surface area contributed by atoms with E-state index < -0.39 is 17.7 Å². The molecule has 3 heteroatoms. The minimum absolute atomic E-state index is 0.271. The lowest BCUT2D eigenvalue weighted by Crippen LogP contribution is -2.24. The molecule has 0 aromatic rings. The lowest BCUT2D eigenvalue weighted by Gasteiger charge is -2.08. The third kappa shape index (κ3) is 2.75. The number of rotatable bonds is 4. The molecule has 0 heterocycles. The molecule has 66 valence electrons. The molecule has 0 amide bonds. The summed E-state index contributed by atoms with van der Waals surface area (Å²) in [5.74, 6) is 0.104. The average molecular weight is 168 g/mol. The van der Waals surface area contributed by atoms with Crippen molar-refractivity contribution in [2.24, 2.45) is 5.92 Å². The molecule has 0 aliphatic carbocycles. The van der Waals surface area contributed by atoms with Gasteiger partial charge in [0.1, 0.15) is 5.92 Å². The maximum atomic E-state index is 11.0. The fourth-order valence-electron chi connectivity index (χ4n) is 0.803. The van der Waals surface area contributed by atoms with Crippen LogP contribution < -0.4 is 0 Å². The van der Waals surface area contributed by atoms with Crippen LogP contribution in [0.25, 0.3) is 0 Å². The summed E-state index contributed by atoms with van der Waals surface area (Å²) < 4.78 is 4.66. The summed E-state index contributed by atoms with van der Waals surface area (Å²) in [5, 5.41) is 0. The zero-order valence-corrected chi connectivity index (χ0v) is 7.29. The highest BCUT2D eigenvalue weighted by Gasteiger charge is 2.23. The van der Waals surface area contributed by atoms with Gasteiger partial charge in [-0.25, -0.2) is 0 Å². The molecule has 0 N–H and O–H groups in total. The minimum atomic E-state index is -0.782. The fraction of sp³-hybridized carbons (Fsp3) is 0.556. The van der Waals surface area contributed by atoms with Gasteiger partial charge in [-0.2, -0.15) is 0 Å². The van der Waals surface area contributed by atoms with Crippen molar-refractivity contribution in [3.8, 4) is 12.3 Å². The summed E-state index contributed by atoms with van der Waals surface area (Å²) in [5.41, 5.74) is 0. The van der Waals surface area contributed by atoms with E-state index in [4.69, 9.17) is 6.42 Å². The van der Waals surface area contributed by atoms with Crippen molar-refractivity contribution < 1.29 is 14.3 Å². The van der Waals surface area contributed by atoms with E-state index in [0.29, 0.717) is 6.42 Å². The molecular weight excluding hydrogens is 156 g/mol. The van der Waals surface area contributed by atoms with Gasteiger partial charge in [0.15, 0.2) is 0 Å². The molecular formula is C9H12O3. The first-order valence-electron chi connectivity index (χ1n) is 3.84. The van der Waals surface area contributed by atoms with Gasteiger partial charge in [0.25, 0.3) is 0 Å². The number of carbonyl (C=O) groups is 2. The van der Waals surface area contributed by atoms with Crippen LogP contribution in [0.1, 0.15) is 20.3 Å². The van der Waals surface area contributed by atoms with E-state index in [1.807, 2.05) is 5.92 Å². The molecule has 1 unspecified atom stereocenters. The molecule has 0 saturated carbocycles. The predicted octanol–water partition coefficient (Wildman–Crippen LogP) is 0.778. The summed E-state index contributed by atoms with van der Waals surface area (Å²) >= 11 is 0. The molecule has 0 aliphatic heterocycles. The molecule has 12 heavy (non-hydrogen) atoms. The maximum absolute atomic E-state index is 11.0. The number of hydrogen-bond donors (Lipinski definition) is 0. The summed E-state index contributed by atoms with van der Waals surface area (Å²) in [4.78, 5) is 22.0. The standard InChI is InChI=1S/C9H12O3/c1-4-7(8(10)5-2)9(11)12-6-3/h2,7H,4,6H2,1,3H3. The highest BCUT2D eigenvalue weighted by molar-refractivity contribution is 6.08. The number of terminal acetylenes is 1. The van der Waals surface area contributed by atoms with Gasteiger partial charge in [-0.3, -0.25) is 9.59 Å². The van der Waals surface area contributed by atoms with Gasteiger partial charge in [-0.05, 0) is 19.3 Å². The molecule has 0 fully saturated rings. The van der Waals surface area contributed by atoms with Crippen LogP contribution in [0.5, 0.6) is 0 Å². The van der Waals surface area contributed by atoms with E-state index in [-0.39, 0.29) is 6.61 Å². The minimum Gasteiger partial charge on any atom is -0.465 e. The van der Waals surface area contributed by atoms with E-state index >= 15 is 0 Å². The number of ketones is 1. The van der Waals surface area contributed by atoms with Crippen molar-refractivity contribution in [1.29, 1.82) is 0 Å². The van der Waals surface area contributed by atoms with Gasteiger partial charge in [0, 0.05) is 0 Å². The Morgan fingerprint density at radius 2 is 2.08 bits per heavy atom. The van der Waals surface area contributed by atoms with E-state index in [2.05, 4.69) is 4.74 Å². The van der Waals surface area contributed by atoms with E-state index in [0.717, 1.165) is 0 Å². The van der Waals surface area contributed by atoms with Crippen LogP contribution in [-0.4, -0.2) is 18.4 Å². The third-order valence-corrected chi connectivity index (χ3v) is 1.44. The van der Waals surface area contributed by atoms with E-state index in [9.17, 15) is 9.59 Å². The normalized spacial score (nSPS) is 11.4. The Morgan fingerprint density at radius 3 is 2.42 bits per heavy atom. The molecule has 0 radical (unpaired) electrons. The number of esters is 1. The second kappa shape index (κ2) is 5.36. The Morgan fingerprint density at radius 1 is 1.50 bits per heavy atom. The second-order valence-corrected chi connectivity index (χ2v) is 2.22. The quantitative estimate of drug-likeness (QED) is 0.269. The van der Waals surface area contributed by atoms with Crippen LogP contribution in [-0.2, 0) is 14.3 Å². The fourth-order valence-corrected chi connectivity index (χ4v) is 0.803. The lowest BCUT2D eigenvalue weighted by molar-refractivity contribution is -0.150. The molecule has 0 bridgehead atoms. The first-order chi connectivity index (χ1) is 5.67. The Balaban J connectivity index is 4.26. The molecule has 0 aromatic carbocycles. The van der Waals surface area contributed by atoms with Gasteiger partial charge < -0.3 is 4.74 Å². The molecule has 3 nitrogen and oxygen atoms in total. The number of carbonyl (C=O) groups excluding carboxylic acids is 2. The monoisotopic (exact) mass is 168 g/mol. The highest BCUT2D eigenvalue weighted by atomic mass is 16.5. The number of Topliss-reactive ketones (excluding diaryl/α,β-unsaturated/α-hetero) is 1. The van der Waals surface area contributed by atoms with Gasteiger partial charge in [-0.15, -0.1) is 6.42 Å². The van der Waals surface area contributed by atoms with Crippen molar-refractivity contribution in [1.82, 2.24) is 0 Å². The van der Waals surface area contributed by atoms with E-state index in [1.165, 1.54) is 0 Å².